The highest BCUT2D eigenvalue weighted by Gasteiger charge is 2.15. The van der Waals surface area contributed by atoms with Gasteiger partial charge in [0.15, 0.2) is 0 Å². The Kier molecular flexibility index (Phi) is 7.26. The lowest BCUT2D eigenvalue weighted by atomic mass is 10.1. The van der Waals surface area contributed by atoms with Crippen molar-refractivity contribution in [3.8, 4) is 11.3 Å². The summed E-state index contributed by atoms with van der Waals surface area (Å²) >= 11 is 0. The van der Waals surface area contributed by atoms with Gasteiger partial charge >= 0.3 is 0 Å². The summed E-state index contributed by atoms with van der Waals surface area (Å²) in [7, 11) is 0. The fourth-order valence-electron chi connectivity index (χ4n) is 4.01. The first-order valence-electron chi connectivity index (χ1n) is 11.1. The molecule has 0 saturated carbocycles. The molecule has 2 aromatic rings. The maximum atomic E-state index is 12.5. The third-order valence-corrected chi connectivity index (χ3v) is 5.79. The molecule has 7 heteroatoms. The van der Waals surface area contributed by atoms with Gasteiger partial charge in [-0.1, -0.05) is 25.0 Å². The SMILES string of the molecule is O=C(NCCN1CCCCCC1)c1ccc(-c2ccnc(N3CCOCC3)n2)cc1. The Balaban J connectivity index is 1.32. The molecule has 1 aromatic heterocycles. The van der Waals surface area contributed by atoms with Crippen molar-refractivity contribution in [3.63, 3.8) is 0 Å². The third-order valence-electron chi connectivity index (χ3n) is 5.79. The van der Waals surface area contributed by atoms with Crippen molar-refractivity contribution in [2.75, 3.05) is 57.4 Å². The Bertz CT molecular complexity index is 813. The quantitative estimate of drug-likeness (QED) is 0.791. The summed E-state index contributed by atoms with van der Waals surface area (Å²) in [4.78, 5) is 26.2. The summed E-state index contributed by atoms with van der Waals surface area (Å²) in [6.07, 6.45) is 6.99. The number of aromatic nitrogens is 2. The molecule has 2 saturated heterocycles. The van der Waals surface area contributed by atoms with Gasteiger partial charge in [-0.2, -0.15) is 0 Å². The van der Waals surface area contributed by atoms with Crippen LogP contribution >= 0.6 is 0 Å². The summed E-state index contributed by atoms with van der Waals surface area (Å²) in [5.74, 6) is 0.708. The van der Waals surface area contributed by atoms with Crippen molar-refractivity contribution < 1.29 is 9.53 Å². The molecular weight excluding hydrogens is 378 g/mol. The van der Waals surface area contributed by atoms with Crippen molar-refractivity contribution in [2.45, 2.75) is 25.7 Å². The van der Waals surface area contributed by atoms with Crippen LogP contribution in [0.3, 0.4) is 0 Å². The van der Waals surface area contributed by atoms with Crippen molar-refractivity contribution in [3.05, 3.63) is 42.1 Å². The van der Waals surface area contributed by atoms with Gasteiger partial charge in [-0.05, 0) is 44.1 Å². The van der Waals surface area contributed by atoms with E-state index in [1.807, 2.05) is 30.3 Å². The van der Waals surface area contributed by atoms with E-state index in [4.69, 9.17) is 9.72 Å². The average molecular weight is 410 g/mol. The smallest absolute Gasteiger partial charge is 0.251 e. The number of likely N-dealkylation sites (tertiary alicyclic amines) is 1. The Morgan fingerprint density at radius 2 is 1.70 bits per heavy atom. The summed E-state index contributed by atoms with van der Waals surface area (Å²) in [6, 6.07) is 9.55. The predicted molar refractivity (Wildman–Crippen MR) is 118 cm³/mol. The first kappa shape index (κ1) is 20.8. The molecule has 0 atom stereocenters. The number of nitrogens with zero attached hydrogens (tertiary/aromatic N) is 4. The van der Waals surface area contributed by atoms with E-state index in [0.717, 1.165) is 49.9 Å². The number of rotatable bonds is 6. The molecule has 0 bridgehead atoms. The molecule has 1 amide bonds. The Labute approximate surface area is 178 Å². The first-order valence-corrected chi connectivity index (χ1v) is 11.1. The van der Waals surface area contributed by atoms with Crippen molar-refractivity contribution in [1.29, 1.82) is 0 Å². The van der Waals surface area contributed by atoms with Gasteiger partial charge in [0.25, 0.3) is 5.91 Å². The lowest BCUT2D eigenvalue weighted by molar-refractivity contribution is 0.0948. The van der Waals surface area contributed by atoms with E-state index in [0.29, 0.717) is 25.3 Å². The van der Waals surface area contributed by atoms with Crippen LogP contribution in [0.2, 0.25) is 0 Å². The molecular formula is C23H31N5O2. The number of carbonyl (C=O) groups is 1. The molecule has 4 rings (SSSR count). The van der Waals surface area contributed by atoms with Gasteiger partial charge in [-0.15, -0.1) is 0 Å². The van der Waals surface area contributed by atoms with Gasteiger partial charge in [-0.25, -0.2) is 9.97 Å². The summed E-state index contributed by atoms with van der Waals surface area (Å²) in [6.45, 7) is 6.93. The zero-order chi connectivity index (χ0) is 20.6. The number of nitrogens with one attached hydrogen (secondary N) is 1. The van der Waals surface area contributed by atoms with Gasteiger partial charge in [0.1, 0.15) is 0 Å². The number of benzene rings is 1. The highest BCUT2D eigenvalue weighted by molar-refractivity contribution is 5.94. The van der Waals surface area contributed by atoms with Crippen molar-refractivity contribution in [1.82, 2.24) is 20.2 Å². The van der Waals surface area contributed by atoms with E-state index in [1.54, 1.807) is 6.20 Å². The number of hydrogen-bond donors (Lipinski definition) is 1. The van der Waals surface area contributed by atoms with E-state index in [2.05, 4.69) is 20.1 Å². The molecule has 30 heavy (non-hydrogen) atoms. The topological polar surface area (TPSA) is 70.6 Å². The number of amides is 1. The summed E-state index contributed by atoms with van der Waals surface area (Å²) in [5, 5.41) is 3.05. The highest BCUT2D eigenvalue weighted by Crippen LogP contribution is 2.20. The van der Waals surface area contributed by atoms with Gasteiger partial charge < -0.3 is 19.9 Å². The van der Waals surface area contributed by atoms with E-state index in [9.17, 15) is 4.79 Å². The van der Waals surface area contributed by atoms with Gasteiger partial charge in [0, 0.05) is 43.5 Å². The van der Waals surface area contributed by atoms with Crippen LogP contribution in [0.5, 0.6) is 0 Å². The molecule has 0 aliphatic carbocycles. The highest BCUT2D eigenvalue weighted by atomic mass is 16.5. The molecule has 2 aliphatic rings. The van der Waals surface area contributed by atoms with Crippen LogP contribution in [0, 0.1) is 0 Å². The van der Waals surface area contributed by atoms with Crippen LogP contribution in [-0.4, -0.2) is 73.3 Å². The zero-order valence-electron chi connectivity index (χ0n) is 17.6. The predicted octanol–water partition coefficient (Wildman–Crippen LogP) is 2.59. The normalized spacial score (nSPS) is 18.1. The van der Waals surface area contributed by atoms with Gasteiger partial charge in [-0.3, -0.25) is 4.79 Å². The van der Waals surface area contributed by atoms with Crippen molar-refractivity contribution >= 4 is 11.9 Å². The molecule has 0 unspecified atom stereocenters. The second-order valence-corrected chi connectivity index (χ2v) is 7.93. The van der Waals surface area contributed by atoms with Crippen LogP contribution in [-0.2, 0) is 4.74 Å². The Morgan fingerprint density at radius 3 is 2.43 bits per heavy atom. The monoisotopic (exact) mass is 409 g/mol. The molecule has 2 fully saturated rings. The fraction of sp³-hybridized carbons (Fsp3) is 0.522. The maximum absolute atomic E-state index is 12.5. The van der Waals surface area contributed by atoms with E-state index in [1.165, 1.54) is 25.7 Å². The molecule has 1 N–H and O–H groups in total. The second-order valence-electron chi connectivity index (χ2n) is 7.93. The van der Waals surface area contributed by atoms with Crippen molar-refractivity contribution in [2.24, 2.45) is 0 Å². The lowest BCUT2D eigenvalue weighted by Gasteiger charge is -2.26. The molecule has 3 heterocycles. The molecule has 0 radical (unpaired) electrons. The molecule has 0 spiro atoms. The number of morpholine rings is 1. The second kappa shape index (κ2) is 10.5. The molecule has 7 nitrogen and oxygen atoms in total. The van der Waals surface area contributed by atoms with Gasteiger partial charge in [0.2, 0.25) is 5.95 Å². The third kappa shape index (κ3) is 5.55. The summed E-state index contributed by atoms with van der Waals surface area (Å²) < 4.78 is 5.40. The van der Waals surface area contributed by atoms with Crippen LogP contribution in [0.4, 0.5) is 5.95 Å². The van der Waals surface area contributed by atoms with E-state index < -0.39 is 0 Å². The minimum absolute atomic E-state index is 0.0203. The first-order chi connectivity index (χ1) is 14.8. The number of anilines is 1. The summed E-state index contributed by atoms with van der Waals surface area (Å²) in [5.41, 5.74) is 2.52. The standard InChI is InChI=1S/C23H31N5O2/c29-22(24-11-14-27-12-3-1-2-4-13-27)20-7-5-19(6-8-20)21-9-10-25-23(26-21)28-15-17-30-18-16-28/h5-10H,1-4,11-18H2,(H,24,29). The molecule has 2 aliphatic heterocycles. The van der Waals surface area contributed by atoms with Crippen LogP contribution < -0.4 is 10.2 Å². The largest absolute Gasteiger partial charge is 0.378 e. The Hall–Kier alpha value is -2.51. The fourth-order valence-corrected chi connectivity index (χ4v) is 4.01. The van der Waals surface area contributed by atoms with Crippen LogP contribution in [0.15, 0.2) is 36.5 Å². The van der Waals surface area contributed by atoms with Crippen LogP contribution in [0.25, 0.3) is 11.3 Å². The average Bonchev–Trinajstić information content (AvgIpc) is 3.09. The molecule has 160 valence electrons. The van der Waals surface area contributed by atoms with E-state index >= 15 is 0 Å². The number of carbonyl (C=O) groups excluding carboxylic acids is 1. The van der Waals surface area contributed by atoms with E-state index in [-0.39, 0.29) is 5.91 Å². The maximum Gasteiger partial charge on any atom is 0.251 e. The lowest BCUT2D eigenvalue weighted by Crippen LogP contribution is -2.37. The number of ether oxygens (including phenoxy) is 1. The minimum Gasteiger partial charge on any atom is -0.378 e. The van der Waals surface area contributed by atoms with Gasteiger partial charge in [0.05, 0.1) is 18.9 Å². The van der Waals surface area contributed by atoms with Crippen LogP contribution in [0.1, 0.15) is 36.0 Å². The minimum atomic E-state index is -0.0203. The zero-order valence-corrected chi connectivity index (χ0v) is 17.6. The molecule has 1 aromatic carbocycles. The number of hydrogen-bond acceptors (Lipinski definition) is 6. The Morgan fingerprint density at radius 1 is 0.967 bits per heavy atom.